The molecule has 0 aliphatic rings. The second kappa shape index (κ2) is 11.5. The van der Waals surface area contributed by atoms with Gasteiger partial charge >= 0.3 is 11.7 Å². The molecule has 11 nitrogen and oxygen atoms in total. The Labute approximate surface area is 245 Å². The number of hydrogen-bond donors (Lipinski definition) is 0. The van der Waals surface area contributed by atoms with E-state index in [2.05, 4.69) is 26.0 Å². The van der Waals surface area contributed by atoms with Crippen molar-refractivity contribution in [2.24, 2.45) is 5.10 Å². The first-order valence-corrected chi connectivity index (χ1v) is 13.4. The highest BCUT2D eigenvalue weighted by Gasteiger charge is 2.26. The molecule has 5 aromatic rings. The van der Waals surface area contributed by atoms with Crippen LogP contribution in [0, 0.1) is 10.1 Å². The van der Waals surface area contributed by atoms with E-state index in [4.69, 9.17) is 25.5 Å². The Morgan fingerprint density at radius 1 is 1.24 bits per heavy atom. The number of nitro benzene ring substituents is 1. The first kappa shape index (κ1) is 28.0. The van der Waals surface area contributed by atoms with Crippen LogP contribution in [0.2, 0.25) is 5.02 Å². The SMILES string of the molecule is CCOC(=O)[C@H](C)Oc1c(C=Nn2c(-c3cc4cc(Cl)ccc4o3)nc3ccccc3c2=O)cc(Br)cc1[N+](=O)[O-]. The second-order valence-corrected chi connectivity index (χ2v) is 10.1. The molecule has 0 spiro atoms. The molecule has 0 saturated carbocycles. The number of nitro groups is 1. The van der Waals surface area contributed by atoms with E-state index in [1.807, 2.05) is 0 Å². The summed E-state index contributed by atoms with van der Waals surface area (Å²) in [5, 5.41) is 17.7. The van der Waals surface area contributed by atoms with Gasteiger partial charge in [0.2, 0.25) is 11.6 Å². The summed E-state index contributed by atoms with van der Waals surface area (Å²) in [6.45, 7) is 3.15. The van der Waals surface area contributed by atoms with Gasteiger partial charge < -0.3 is 13.9 Å². The lowest BCUT2D eigenvalue weighted by Gasteiger charge is -2.15. The number of benzene rings is 3. The van der Waals surface area contributed by atoms with Crippen LogP contribution in [-0.2, 0) is 9.53 Å². The third-order valence-electron chi connectivity index (χ3n) is 5.94. The van der Waals surface area contributed by atoms with Gasteiger partial charge in [0.1, 0.15) is 5.58 Å². The largest absolute Gasteiger partial charge is 0.471 e. The molecule has 0 saturated heterocycles. The average molecular weight is 640 g/mol. The summed E-state index contributed by atoms with van der Waals surface area (Å²) in [7, 11) is 0. The van der Waals surface area contributed by atoms with Crippen molar-refractivity contribution in [3.8, 4) is 17.3 Å². The minimum atomic E-state index is -1.16. The molecule has 13 heteroatoms. The Bertz CT molecular complexity index is 1920. The van der Waals surface area contributed by atoms with Gasteiger partial charge in [-0.05, 0) is 56.3 Å². The summed E-state index contributed by atoms with van der Waals surface area (Å²) in [6.07, 6.45) is 0.0521. The zero-order chi connectivity index (χ0) is 29.3. The van der Waals surface area contributed by atoms with Crippen LogP contribution in [0.5, 0.6) is 5.75 Å². The van der Waals surface area contributed by atoms with Crippen molar-refractivity contribution in [2.45, 2.75) is 20.0 Å². The molecule has 0 aliphatic carbocycles. The Morgan fingerprint density at radius 3 is 2.78 bits per heavy atom. The molecule has 3 aromatic carbocycles. The number of hydrogen-bond acceptors (Lipinski definition) is 9. The van der Waals surface area contributed by atoms with Crippen LogP contribution in [-0.4, -0.2) is 39.5 Å². The van der Waals surface area contributed by atoms with Crippen molar-refractivity contribution in [1.29, 1.82) is 0 Å². The number of aromatic nitrogens is 2. The van der Waals surface area contributed by atoms with Gasteiger partial charge in [-0.15, -0.1) is 0 Å². The van der Waals surface area contributed by atoms with E-state index in [1.54, 1.807) is 55.5 Å². The summed E-state index contributed by atoms with van der Waals surface area (Å²) in [6, 6.07) is 16.3. The minimum Gasteiger partial charge on any atom is -0.471 e. The molecular formula is C28H20BrClN4O7. The van der Waals surface area contributed by atoms with Gasteiger partial charge in [0.25, 0.3) is 5.56 Å². The zero-order valence-corrected chi connectivity index (χ0v) is 23.9. The maximum absolute atomic E-state index is 13.6. The Morgan fingerprint density at radius 2 is 2.02 bits per heavy atom. The molecule has 0 amide bonds. The predicted octanol–water partition coefficient (Wildman–Crippen LogP) is 6.35. The van der Waals surface area contributed by atoms with Crippen LogP contribution < -0.4 is 10.3 Å². The van der Waals surface area contributed by atoms with Crippen molar-refractivity contribution in [2.75, 3.05) is 6.61 Å². The number of nitrogens with zero attached hydrogens (tertiary/aromatic N) is 4. The number of carbonyl (C=O) groups excluding carboxylic acids is 1. The van der Waals surface area contributed by atoms with Crippen molar-refractivity contribution in [3.63, 3.8) is 0 Å². The standard InChI is InChI=1S/C28H20BrClN4O7/c1-3-39-28(36)15(2)40-25-17(10-18(29)13-22(25)34(37)38)14-31-33-26(32-21-7-5-4-6-20(21)27(33)35)24-12-16-11-19(30)8-9-23(16)41-24/h4-15H,3H2,1-2H3/t15-/m0/s1. The van der Waals surface area contributed by atoms with Gasteiger partial charge in [-0.25, -0.2) is 9.78 Å². The van der Waals surface area contributed by atoms with Crippen LogP contribution in [0.3, 0.4) is 0 Å². The van der Waals surface area contributed by atoms with Crippen molar-refractivity contribution >= 4 is 67.3 Å². The zero-order valence-electron chi connectivity index (χ0n) is 21.5. The molecule has 1 atom stereocenters. The van der Waals surface area contributed by atoms with Crippen LogP contribution in [0.4, 0.5) is 5.69 Å². The number of carbonyl (C=O) groups is 1. The fourth-order valence-electron chi connectivity index (χ4n) is 4.08. The van der Waals surface area contributed by atoms with E-state index in [-0.39, 0.29) is 29.5 Å². The number of fused-ring (bicyclic) bond motifs is 2. The van der Waals surface area contributed by atoms with Crippen molar-refractivity contribution in [1.82, 2.24) is 9.66 Å². The number of halogens is 2. The van der Waals surface area contributed by atoms with E-state index in [0.717, 1.165) is 4.68 Å². The third kappa shape index (κ3) is 5.70. The fraction of sp³-hybridized carbons (Fsp3) is 0.143. The van der Waals surface area contributed by atoms with E-state index in [1.165, 1.54) is 25.3 Å². The first-order valence-electron chi connectivity index (χ1n) is 12.2. The van der Waals surface area contributed by atoms with Gasteiger partial charge in [-0.1, -0.05) is 39.7 Å². The van der Waals surface area contributed by atoms with Gasteiger partial charge in [0, 0.05) is 26.5 Å². The lowest BCUT2D eigenvalue weighted by atomic mass is 10.2. The Hall–Kier alpha value is -4.55. The smallest absolute Gasteiger partial charge is 0.347 e. The average Bonchev–Trinajstić information content (AvgIpc) is 3.36. The van der Waals surface area contributed by atoms with Crippen LogP contribution in [0.15, 0.2) is 79.4 Å². The lowest BCUT2D eigenvalue weighted by molar-refractivity contribution is -0.386. The summed E-state index contributed by atoms with van der Waals surface area (Å²) in [5.74, 6) is -0.599. The molecule has 0 radical (unpaired) electrons. The summed E-state index contributed by atoms with van der Waals surface area (Å²) in [5.41, 5.74) is 0.128. The molecule has 208 valence electrons. The van der Waals surface area contributed by atoms with Crippen molar-refractivity contribution < 1.29 is 23.6 Å². The van der Waals surface area contributed by atoms with Gasteiger partial charge in [0.15, 0.2) is 11.9 Å². The fourth-order valence-corrected chi connectivity index (χ4v) is 4.72. The second-order valence-electron chi connectivity index (χ2n) is 8.72. The van der Waals surface area contributed by atoms with Crippen LogP contribution in [0.1, 0.15) is 19.4 Å². The van der Waals surface area contributed by atoms with E-state index in [0.29, 0.717) is 31.4 Å². The lowest BCUT2D eigenvalue weighted by Crippen LogP contribution is -2.27. The molecule has 5 rings (SSSR count). The monoisotopic (exact) mass is 638 g/mol. The van der Waals surface area contributed by atoms with Gasteiger partial charge in [0.05, 0.1) is 28.6 Å². The van der Waals surface area contributed by atoms with Crippen LogP contribution >= 0.6 is 27.5 Å². The van der Waals surface area contributed by atoms with E-state index in [9.17, 15) is 19.7 Å². The number of furan rings is 1. The Balaban J connectivity index is 1.69. The molecule has 0 fully saturated rings. The molecule has 2 aromatic heterocycles. The van der Waals surface area contributed by atoms with Gasteiger partial charge in [-0.3, -0.25) is 14.9 Å². The van der Waals surface area contributed by atoms with Gasteiger partial charge in [-0.2, -0.15) is 9.78 Å². The van der Waals surface area contributed by atoms with E-state index >= 15 is 0 Å². The summed E-state index contributed by atoms with van der Waals surface area (Å²) >= 11 is 9.40. The molecule has 2 heterocycles. The Kier molecular flexibility index (Phi) is 7.86. The first-order chi connectivity index (χ1) is 19.7. The highest BCUT2D eigenvalue weighted by atomic mass is 79.9. The third-order valence-corrected chi connectivity index (χ3v) is 6.63. The maximum Gasteiger partial charge on any atom is 0.347 e. The summed E-state index contributed by atoms with van der Waals surface area (Å²) < 4.78 is 18.0. The highest BCUT2D eigenvalue weighted by Crippen LogP contribution is 2.35. The predicted molar refractivity (Wildman–Crippen MR) is 157 cm³/mol. The molecule has 0 unspecified atom stereocenters. The molecule has 41 heavy (non-hydrogen) atoms. The summed E-state index contributed by atoms with van der Waals surface area (Å²) in [4.78, 5) is 41.7. The van der Waals surface area contributed by atoms with Crippen LogP contribution in [0.25, 0.3) is 33.5 Å². The maximum atomic E-state index is 13.6. The highest BCUT2D eigenvalue weighted by molar-refractivity contribution is 9.10. The number of ether oxygens (including phenoxy) is 2. The molecule has 0 N–H and O–H groups in total. The topological polar surface area (TPSA) is 139 Å². The number of para-hydroxylation sites is 1. The molecular weight excluding hydrogens is 620 g/mol. The molecule has 0 bridgehead atoms. The van der Waals surface area contributed by atoms with E-state index < -0.39 is 28.2 Å². The number of esters is 1. The quantitative estimate of drug-likeness (QED) is 0.0829. The van der Waals surface area contributed by atoms with Crippen molar-refractivity contribution in [3.05, 3.63) is 96.2 Å². The molecule has 0 aliphatic heterocycles. The normalized spacial score (nSPS) is 12.2. The number of rotatable bonds is 8. The minimum absolute atomic E-state index is 0.0872.